The van der Waals surface area contributed by atoms with Gasteiger partial charge >= 0.3 is 5.97 Å². The van der Waals surface area contributed by atoms with Crippen molar-refractivity contribution in [2.75, 3.05) is 19.6 Å². The maximum Gasteiger partial charge on any atom is 0.310 e. The molecule has 1 fully saturated rings. The van der Waals surface area contributed by atoms with Gasteiger partial charge in [-0.15, -0.1) is 11.3 Å². The van der Waals surface area contributed by atoms with Crippen LogP contribution in [0, 0.1) is 5.41 Å². The van der Waals surface area contributed by atoms with Crippen LogP contribution in [0.25, 0.3) is 0 Å². The number of hydrogen-bond donors (Lipinski definition) is 1. The van der Waals surface area contributed by atoms with Crippen molar-refractivity contribution in [1.82, 2.24) is 4.90 Å². The van der Waals surface area contributed by atoms with Crippen molar-refractivity contribution in [3.05, 3.63) is 22.4 Å². The molecular weight excluding hydrogens is 234 g/mol. The van der Waals surface area contributed by atoms with Gasteiger partial charge < -0.3 is 10.0 Å². The Morgan fingerprint density at radius 2 is 2.47 bits per heavy atom. The summed E-state index contributed by atoms with van der Waals surface area (Å²) < 4.78 is 0. The lowest BCUT2D eigenvalue weighted by molar-refractivity contribution is -0.151. The molecular formula is C13H19NO2S. The van der Waals surface area contributed by atoms with E-state index < -0.39 is 11.4 Å². The van der Waals surface area contributed by atoms with E-state index in [1.54, 1.807) is 11.3 Å². The molecule has 94 valence electrons. The van der Waals surface area contributed by atoms with Crippen molar-refractivity contribution in [2.24, 2.45) is 5.41 Å². The van der Waals surface area contributed by atoms with E-state index in [1.807, 2.05) is 6.92 Å². The minimum absolute atomic E-state index is 0.548. The Labute approximate surface area is 106 Å². The van der Waals surface area contributed by atoms with Crippen LogP contribution in [0.5, 0.6) is 0 Å². The summed E-state index contributed by atoms with van der Waals surface area (Å²) in [5.41, 5.74) is -0.548. The fraction of sp³-hybridized carbons (Fsp3) is 0.615. The van der Waals surface area contributed by atoms with Gasteiger partial charge in [-0.2, -0.15) is 0 Å². The number of piperidine rings is 1. The van der Waals surface area contributed by atoms with Crippen molar-refractivity contribution in [3.8, 4) is 0 Å². The van der Waals surface area contributed by atoms with Crippen molar-refractivity contribution in [3.63, 3.8) is 0 Å². The van der Waals surface area contributed by atoms with Crippen LogP contribution in [-0.4, -0.2) is 35.6 Å². The second-order valence-electron chi connectivity index (χ2n) is 5.07. The number of hydrogen-bond acceptors (Lipinski definition) is 3. The lowest BCUT2D eigenvalue weighted by Gasteiger charge is -2.37. The fourth-order valence-corrected chi connectivity index (χ4v) is 3.13. The van der Waals surface area contributed by atoms with E-state index in [2.05, 4.69) is 22.4 Å². The first-order valence-corrected chi connectivity index (χ1v) is 6.96. The molecule has 1 saturated heterocycles. The highest BCUT2D eigenvalue weighted by molar-refractivity contribution is 7.09. The van der Waals surface area contributed by atoms with Crippen molar-refractivity contribution in [1.29, 1.82) is 0 Å². The smallest absolute Gasteiger partial charge is 0.310 e. The van der Waals surface area contributed by atoms with E-state index in [1.165, 1.54) is 4.88 Å². The fourth-order valence-electron chi connectivity index (χ4n) is 2.43. The zero-order valence-electron chi connectivity index (χ0n) is 10.2. The molecule has 1 aliphatic rings. The summed E-state index contributed by atoms with van der Waals surface area (Å²) in [7, 11) is 0. The predicted molar refractivity (Wildman–Crippen MR) is 69.4 cm³/mol. The third kappa shape index (κ3) is 3.07. The van der Waals surface area contributed by atoms with Gasteiger partial charge in [0.2, 0.25) is 0 Å². The van der Waals surface area contributed by atoms with Crippen LogP contribution < -0.4 is 0 Å². The molecule has 0 aromatic carbocycles. The number of carboxylic acids is 1. The number of rotatable bonds is 4. The zero-order valence-corrected chi connectivity index (χ0v) is 11.0. The number of likely N-dealkylation sites (tertiary alicyclic amines) is 1. The molecule has 1 atom stereocenters. The van der Waals surface area contributed by atoms with E-state index in [4.69, 9.17) is 0 Å². The molecule has 0 amide bonds. The molecule has 2 heterocycles. The van der Waals surface area contributed by atoms with Crippen LogP contribution in [0.1, 0.15) is 24.6 Å². The Bertz CT molecular complexity index is 377. The van der Waals surface area contributed by atoms with Gasteiger partial charge in [0.15, 0.2) is 0 Å². The Morgan fingerprint density at radius 1 is 1.65 bits per heavy atom. The maximum absolute atomic E-state index is 11.2. The van der Waals surface area contributed by atoms with Crippen molar-refractivity contribution < 1.29 is 9.90 Å². The summed E-state index contributed by atoms with van der Waals surface area (Å²) in [6.07, 6.45) is 2.83. The van der Waals surface area contributed by atoms with Crippen LogP contribution in [0.3, 0.4) is 0 Å². The highest BCUT2D eigenvalue weighted by atomic mass is 32.1. The van der Waals surface area contributed by atoms with Gasteiger partial charge in [0.25, 0.3) is 0 Å². The van der Waals surface area contributed by atoms with Gasteiger partial charge in [0.1, 0.15) is 0 Å². The number of carboxylic acid groups (broad SMARTS) is 1. The van der Waals surface area contributed by atoms with Gasteiger partial charge in [-0.1, -0.05) is 6.07 Å². The van der Waals surface area contributed by atoms with Crippen molar-refractivity contribution in [2.45, 2.75) is 26.2 Å². The Morgan fingerprint density at radius 3 is 3.12 bits per heavy atom. The van der Waals surface area contributed by atoms with E-state index in [-0.39, 0.29) is 0 Å². The maximum atomic E-state index is 11.2. The molecule has 1 unspecified atom stereocenters. The number of nitrogens with zero attached hydrogens (tertiary/aromatic N) is 1. The molecule has 0 spiro atoms. The van der Waals surface area contributed by atoms with Crippen LogP contribution in [0.15, 0.2) is 17.5 Å². The Hall–Kier alpha value is -0.870. The SMILES string of the molecule is CC1(C(=O)O)CCCN(CCc2cccs2)C1. The number of carbonyl (C=O) groups is 1. The van der Waals surface area contributed by atoms with Gasteiger partial charge in [0.05, 0.1) is 5.41 Å². The number of aliphatic carboxylic acids is 1. The van der Waals surface area contributed by atoms with E-state index >= 15 is 0 Å². The van der Waals surface area contributed by atoms with Gasteiger partial charge in [0, 0.05) is 18.0 Å². The normalized spacial score (nSPS) is 25.9. The molecule has 0 bridgehead atoms. The summed E-state index contributed by atoms with van der Waals surface area (Å²) in [6, 6.07) is 4.21. The first kappa shape index (κ1) is 12.6. The minimum Gasteiger partial charge on any atom is -0.481 e. The largest absolute Gasteiger partial charge is 0.481 e. The monoisotopic (exact) mass is 253 g/mol. The highest BCUT2D eigenvalue weighted by Gasteiger charge is 2.37. The molecule has 3 nitrogen and oxygen atoms in total. The van der Waals surface area contributed by atoms with Crippen LogP contribution in [-0.2, 0) is 11.2 Å². The second-order valence-corrected chi connectivity index (χ2v) is 6.11. The molecule has 0 radical (unpaired) electrons. The quantitative estimate of drug-likeness (QED) is 0.896. The molecule has 2 rings (SSSR count). The summed E-state index contributed by atoms with van der Waals surface area (Å²) in [4.78, 5) is 14.9. The first-order chi connectivity index (χ1) is 8.10. The summed E-state index contributed by atoms with van der Waals surface area (Å²) in [6.45, 7) is 4.57. The third-order valence-electron chi connectivity index (χ3n) is 3.55. The van der Waals surface area contributed by atoms with Gasteiger partial charge in [-0.25, -0.2) is 0 Å². The minimum atomic E-state index is -0.654. The van der Waals surface area contributed by atoms with E-state index in [0.717, 1.165) is 32.4 Å². The average molecular weight is 253 g/mol. The lowest BCUT2D eigenvalue weighted by Crippen LogP contribution is -2.46. The van der Waals surface area contributed by atoms with Gasteiger partial charge in [-0.05, 0) is 44.2 Å². The molecule has 1 aromatic heterocycles. The average Bonchev–Trinajstić information content (AvgIpc) is 2.79. The summed E-state index contributed by atoms with van der Waals surface area (Å²) in [5, 5.41) is 11.3. The van der Waals surface area contributed by atoms with E-state index in [0.29, 0.717) is 6.54 Å². The Kier molecular flexibility index (Phi) is 3.84. The van der Waals surface area contributed by atoms with Crippen molar-refractivity contribution >= 4 is 17.3 Å². The van der Waals surface area contributed by atoms with Crippen LogP contribution in [0.2, 0.25) is 0 Å². The second kappa shape index (κ2) is 5.19. The molecule has 0 aliphatic carbocycles. The topological polar surface area (TPSA) is 40.5 Å². The van der Waals surface area contributed by atoms with E-state index in [9.17, 15) is 9.90 Å². The molecule has 0 saturated carbocycles. The van der Waals surface area contributed by atoms with Crippen LogP contribution >= 0.6 is 11.3 Å². The first-order valence-electron chi connectivity index (χ1n) is 6.08. The standard InChI is InChI=1S/C13H19NO2S/c1-13(12(15)16)6-3-7-14(10-13)8-5-11-4-2-9-17-11/h2,4,9H,3,5-8,10H2,1H3,(H,15,16). The Balaban J connectivity index is 1.87. The number of thiophene rings is 1. The molecule has 17 heavy (non-hydrogen) atoms. The zero-order chi connectivity index (χ0) is 12.3. The molecule has 1 aromatic rings. The summed E-state index contributed by atoms with van der Waals surface area (Å²) in [5.74, 6) is -0.654. The highest BCUT2D eigenvalue weighted by Crippen LogP contribution is 2.29. The predicted octanol–water partition coefficient (Wildman–Crippen LogP) is 2.48. The lowest BCUT2D eigenvalue weighted by atomic mass is 9.82. The van der Waals surface area contributed by atoms with Gasteiger partial charge in [-0.3, -0.25) is 4.79 Å². The third-order valence-corrected chi connectivity index (χ3v) is 4.48. The molecule has 1 N–H and O–H groups in total. The summed E-state index contributed by atoms with van der Waals surface area (Å²) >= 11 is 1.77. The molecule has 4 heteroatoms. The molecule has 1 aliphatic heterocycles. The van der Waals surface area contributed by atoms with Crippen LogP contribution in [0.4, 0.5) is 0 Å².